The van der Waals surface area contributed by atoms with E-state index in [1.807, 2.05) is 34.6 Å². The Kier molecular flexibility index (Phi) is 8.27. The predicted molar refractivity (Wildman–Crippen MR) is 136 cm³/mol. The number of nitrogens with one attached hydrogen (secondary N) is 1. The summed E-state index contributed by atoms with van der Waals surface area (Å²) in [6.45, 7) is 14.9. The highest BCUT2D eigenvalue weighted by Gasteiger charge is 2.37. The minimum absolute atomic E-state index is 0.0470. The minimum atomic E-state index is -0.695. The van der Waals surface area contributed by atoms with Crippen LogP contribution in [0.2, 0.25) is 0 Å². The Morgan fingerprint density at radius 2 is 1.71 bits per heavy atom. The molecular formula is C27H34N2O6. The maximum absolute atomic E-state index is 13.2. The van der Waals surface area contributed by atoms with Gasteiger partial charge in [-0.3, -0.25) is 9.59 Å². The highest BCUT2D eigenvalue weighted by atomic mass is 16.5. The van der Waals surface area contributed by atoms with Crippen LogP contribution in [0.4, 0.5) is 11.4 Å². The number of rotatable bonds is 10. The zero-order chi connectivity index (χ0) is 25.6. The smallest absolute Gasteiger partial charge is 0.255 e. The Balaban J connectivity index is 1.93. The lowest BCUT2D eigenvalue weighted by Crippen LogP contribution is -2.42. The van der Waals surface area contributed by atoms with E-state index in [-0.39, 0.29) is 18.4 Å². The van der Waals surface area contributed by atoms with Crippen molar-refractivity contribution < 1.29 is 28.5 Å². The summed E-state index contributed by atoms with van der Waals surface area (Å²) in [6, 6.07) is 8.50. The van der Waals surface area contributed by atoms with Crippen LogP contribution < -0.4 is 29.2 Å². The number of carbonyl (C=O) groups excluding carboxylic acids is 2. The van der Waals surface area contributed by atoms with E-state index in [0.29, 0.717) is 66.3 Å². The van der Waals surface area contributed by atoms with E-state index >= 15 is 0 Å². The summed E-state index contributed by atoms with van der Waals surface area (Å²) in [4.78, 5) is 27.8. The maximum atomic E-state index is 13.2. The first-order valence-corrected chi connectivity index (χ1v) is 11.8. The molecule has 0 aromatic heterocycles. The van der Waals surface area contributed by atoms with E-state index < -0.39 is 5.41 Å². The zero-order valence-electron chi connectivity index (χ0n) is 21.1. The fourth-order valence-corrected chi connectivity index (χ4v) is 3.76. The van der Waals surface area contributed by atoms with Crippen LogP contribution in [0.1, 0.15) is 45.0 Å². The molecule has 1 aliphatic heterocycles. The van der Waals surface area contributed by atoms with Crippen molar-refractivity contribution in [3.63, 3.8) is 0 Å². The number of amides is 2. The normalized spacial score (nSPS) is 14.3. The molecule has 0 radical (unpaired) electrons. The van der Waals surface area contributed by atoms with Gasteiger partial charge in [-0.2, -0.15) is 0 Å². The van der Waals surface area contributed by atoms with E-state index in [1.54, 1.807) is 41.3 Å². The molecule has 0 fully saturated rings. The molecule has 0 spiro atoms. The highest BCUT2D eigenvalue weighted by Crippen LogP contribution is 2.40. The van der Waals surface area contributed by atoms with E-state index in [2.05, 4.69) is 11.9 Å². The van der Waals surface area contributed by atoms with E-state index in [0.717, 1.165) is 0 Å². The number of carbonyl (C=O) groups is 2. The second-order valence-electron chi connectivity index (χ2n) is 8.61. The van der Waals surface area contributed by atoms with Gasteiger partial charge in [0.1, 0.15) is 12.4 Å². The third-order valence-corrected chi connectivity index (χ3v) is 5.40. The monoisotopic (exact) mass is 482 g/mol. The topological polar surface area (TPSA) is 86.3 Å². The maximum Gasteiger partial charge on any atom is 0.255 e. The molecule has 0 saturated heterocycles. The molecule has 0 unspecified atom stereocenters. The van der Waals surface area contributed by atoms with E-state index in [9.17, 15) is 9.59 Å². The van der Waals surface area contributed by atoms with Gasteiger partial charge in [-0.1, -0.05) is 6.08 Å². The third kappa shape index (κ3) is 5.70. The summed E-state index contributed by atoms with van der Waals surface area (Å²) in [5, 5.41) is 2.90. The number of fused-ring (bicyclic) bond motifs is 1. The molecule has 8 nitrogen and oxygen atoms in total. The third-order valence-electron chi connectivity index (χ3n) is 5.40. The van der Waals surface area contributed by atoms with Crippen LogP contribution in [0.5, 0.6) is 23.0 Å². The predicted octanol–water partition coefficient (Wildman–Crippen LogP) is 5.07. The summed E-state index contributed by atoms with van der Waals surface area (Å²) in [5.74, 6) is 1.48. The fourth-order valence-electron chi connectivity index (χ4n) is 3.76. The second kappa shape index (κ2) is 11.2. The number of nitrogens with zero attached hydrogens (tertiary/aromatic N) is 1. The lowest BCUT2D eigenvalue weighted by atomic mass is 9.93. The first-order valence-electron chi connectivity index (χ1n) is 11.8. The van der Waals surface area contributed by atoms with Crippen LogP contribution >= 0.6 is 0 Å². The van der Waals surface area contributed by atoms with Crippen LogP contribution in [0.25, 0.3) is 0 Å². The largest absolute Gasteiger partial charge is 0.490 e. The van der Waals surface area contributed by atoms with Gasteiger partial charge in [0.2, 0.25) is 11.7 Å². The molecule has 1 aliphatic rings. The molecule has 35 heavy (non-hydrogen) atoms. The van der Waals surface area contributed by atoms with Crippen LogP contribution in [0, 0.1) is 5.41 Å². The lowest BCUT2D eigenvalue weighted by molar-refractivity contribution is -0.127. The molecule has 0 saturated carbocycles. The first-order chi connectivity index (χ1) is 16.7. The van der Waals surface area contributed by atoms with Gasteiger partial charge in [0, 0.05) is 23.9 Å². The van der Waals surface area contributed by atoms with Gasteiger partial charge in [0.25, 0.3) is 5.91 Å². The highest BCUT2D eigenvalue weighted by molar-refractivity contribution is 6.06. The number of hydrogen-bond donors (Lipinski definition) is 1. The van der Waals surface area contributed by atoms with Crippen LogP contribution in [-0.2, 0) is 4.79 Å². The molecule has 2 aromatic carbocycles. The van der Waals surface area contributed by atoms with Crippen molar-refractivity contribution in [1.82, 2.24) is 0 Å². The zero-order valence-corrected chi connectivity index (χ0v) is 21.1. The van der Waals surface area contributed by atoms with Gasteiger partial charge in [-0.15, -0.1) is 6.58 Å². The standard InChI is InChI=1S/C27H34N2O6/c1-7-13-29-20-12-11-19(16-21(20)35-17-27(5,6)26(29)31)28-25(30)18-14-22(32-8-2)24(34-10-4)23(15-18)33-9-3/h7,11-12,14-16H,1,8-10,13,17H2,2-6H3,(H,28,30). The summed E-state index contributed by atoms with van der Waals surface area (Å²) in [5.41, 5.74) is 0.834. The summed E-state index contributed by atoms with van der Waals surface area (Å²) in [6.07, 6.45) is 1.68. The van der Waals surface area contributed by atoms with Crippen molar-refractivity contribution in [1.29, 1.82) is 0 Å². The number of benzene rings is 2. The Labute approximate surface area is 206 Å². The van der Waals surface area contributed by atoms with Gasteiger partial charge in [-0.05, 0) is 58.9 Å². The number of hydrogen-bond acceptors (Lipinski definition) is 6. The van der Waals surface area contributed by atoms with E-state index in [1.165, 1.54) is 0 Å². The van der Waals surface area contributed by atoms with Crippen molar-refractivity contribution in [2.45, 2.75) is 34.6 Å². The Hall–Kier alpha value is -3.68. The second-order valence-corrected chi connectivity index (χ2v) is 8.61. The molecule has 188 valence electrons. The van der Waals surface area contributed by atoms with Crippen molar-refractivity contribution in [3.8, 4) is 23.0 Å². The Morgan fingerprint density at radius 1 is 1.09 bits per heavy atom. The molecule has 2 aromatic rings. The van der Waals surface area contributed by atoms with Gasteiger partial charge >= 0.3 is 0 Å². The molecular weight excluding hydrogens is 448 g/mol. The van der Waals surface area contributed by atoms with Gasteiger partial charge in [0.15, 0.2) is 11.5 Å². The molecule has 1 N–H and O–H groups in total. The summed E-state index contributed by atoms with van der Waals surface area (Å²) < 4.78 is 23.1. The lowest BCUT2D eigenvalue weighted by Gasteiger charge is -2.27. The van der Waals surface area contributed by atoms with Crippen LogP contribution in [-0.4, -0.2) is 44.8 Å². The van der Waals surface area contributed by atoms with Crippen molar-refractivity contribution in [2.24, 2.45) is 5.41 Å². The quantitative estimate of drug-likeness (QED) is 0.476. The number of anilines is 2. The summed E-state index contributed by atoms with van der Waals surface area (Å²) in [7, 11) is 0. The van der Waals surface area contributed by atoms with Gasteiger partial charge in [0.05, 0.1) is 30.9 Å². The van der Waals surface area contributed by atoms with E-state index in [4.69, 9.17) is 18.9 Å². The average molecular weight is 483 g/mol. The minimum Gasteiger partial charge on any atom is -0.490 e. The van der Waals surface area contributed by atoms with Crippen molar-refractivity contribution in [2.75, 3.05) is 43.2 Å². The molecule has 2 amide bonds. The number of ether oxygens (including phenoxy) is 4. The Morgan fingerprint density at radius 3 is 2.29 bits per heavy atom. The molecule has 0 atom stereocenters. The molecule has 1 heterocycles. The van der Waals surface area contributed by atoms with Crippen molar-refractivity contribution >= 4 is 23.2 Å². The average Bonchev–Trinajstić information content (AvgIpc) is 2.91. The molecule has 0 aliphatic carbocycles. The van der Waals surface area contributed by atoms with Crippen LogP contribution in [0.3, 0.4) is 0 Å². The first kappa shape index (κ1) is 25.9. The Bertz CT molecular complexity index is 1070. The SMILES string of the molecule is C=CCN1C(=O)C(C)(C)COc2cc(NC(=O)c3cc(OCC)c(OCC)c(OCC)c3)ccc21. The van der Waals surface area contributed by atoms with Gasteiger partial charge < -0.3 is 29.2 Å². The fraction of sp³-hybridized carbons (Fsp3) is 0.407. The molecule has 8 heteroatoms. The van der Waals surface area contributed by atoms with Crippen molar-refractivity contribution in [3.05, 3.63) is 48.6 Å². The molecule has 0 bridgehead atoms. The summed E-state index contributed by atoms with van der Waals surface area (Å²) >= 11 is 0. The van der Waals surface area contributed by atoms with Gasteiger partial charge in [-0.25, -0.2) is 0 Å². The van der Waals surface area contributed by atoms with Crippen LogP contribution in [0.15, 0.2) is 43.0 Å². The molecule has 3 rings (SSSR count).